The van der Waals surface area contributed by atoms with Crippen molar-refractivity contribution < 1.29 is 4.42 Å². The highest BCUT2D eigenvalue weighted by atomic mass is 16.3. The van der Waals surface area contributed by atoms with Gasteiger partial charge in [0.15, 0.2) is 5.43 Å². The van der Waals surface area contributed by atoms with E-state index in [4.69, 9.17) is 4.42 Å². The van der Waals surface area contributed by atoms with Gasteiger partial charge in [-0.15, -0.1) is 0 Å². The molecule has 1 fully saturated rings. The molecule has 1 atom stereocenters. The fraction of sp³-hybridized carbons (Fsp3) is 0.438. The van der Waals surface area contributed by atoms with Crippen LogP contribution in [-0.4, -0.2) is 18.0 Å². The molecule has 0 radical (unpaired) electrons. The highest BCUT2D eigenvalue weighted by Gasteiger charge is 2.16. The van der Waals surface area contributed by atoms with Gasteiger partial charge in [-0.25, -0.2) is 0 Å². The molecular formula is C16H19NO2. The van der Waals surface area contributed by atoms with E-state index in [2.05, 4.69) is 17.9 Å². The van der Waals surface area contributed by atoms with Crippen molar-refractivity contribution in [2.75, 3.05) is 13.1 Å². The summed E-state index contributed by atoms with van der Waals surface area (Å²) in [7, 11) is 0. The molecule has 3 heteroatoms. The third-order valence-corrected chi connectivity index (χ3v) is 3.87. The van der Waals surface area contributed by atoms with Crippen molar-refractivity contribution in [2.45, 2.75) is 26.3 Å². The maximum absolute atomic E-state index is 11.8. The van der Waals surface area contributed by atoms with E-state index in [1.807, 2.05) is 12.1 Å². The molecule has 0 spiro atoms. The van der Waals surface area contributed by atoms with Gasteiger partial charge in [0.05, 0.1) is 11.6 Å². The number of likely N-dealkylation sites (tertiary alicyclic amines) is 1. The van der Waals surface area contributed by atoms with Gasteiger partial charge in [-0.1, -0.05) is 13.0 Å². The summed E-state index contributed by atoms with van der Waals surface area (Å²) in [6.45, 7) is 5.54. The molecule has 1 aromatic heterocycles. The molecule has 1 aliphatic rings. The van der Waals surface area contributed by atoms with Gasteiger partial charge in [0.1, 0.15) is 5.58 Å². The largest absolute Gasteiger partial charge is 0.464 e. The quantitative estimate of drug-likeness (QED) is 0.829. The average Bonchev–Trinajstić information content (AvgIpc) is 2.40. The minimum Gasteiger partial charge on any atom is -0.464 e. The van der Waals surface area contributed by atoms with Crippen molar-refractivity contribution in [1.29, 1.82) is 0 Å². The molecule has 0 N–H and O–H groups in total. The van der Waals surface area contributed by atoms with Gasteiger partial charge in [-0.05, 0) is 43.0 Å². The zero-order valence-electron chi connectivity index (χ0n) is 11.3. The minimum absolute atomic E-state index is 0.0371. The van der Waals surface area contributed by atoms with E-state index in [0.717, 1.165) is 25.6 Å². The number of benzene rings is 1. The number of rotatable bonds is 2. The van der Waals surface area contributed by atoms with Crippen LogP contribution in [0.5, 0.6) is 0 Å². The van der Waals surface area contributed by atoms with Gasteiger partial charge in [0.25, 0.3) is 0 Å². The smallest absolute Gasteiger partial charge is 0.192 e. The normalized spacial score (nSPS) is 20.8. The summed E-state index contributed by atoms with van der Waals surface area (Å²) in [5.74, 6) is 0.777. The van der Waals surface area contributed by atoms with Crippen LogP contribution in [-0.2, 0) is 6.54 Å². The van der Waals surface area contributed by atoms with Crippen molar-refractivity contribution in [3.63, 3.8) is 0 Å². The second kappa shape index (κ2) is 5.17. The Balaban J connectivity index is 1.85. The summed E-state index contributed by atoms with van der Waals surface area (Å²) in [4.78, 5) is 14.3. The van der Waals surface area contributed by atoms with Crippen LogP contribution in [0.15, 0.2) is 39.7 Å². The fourth-order valence-corrected chi connectivity index (χ4v) is 2.92. The summed E-state index contributed by atoms with van der Waals surface area (Å²) in [5.41, 5.74) is 1.90. The molecule has 1 aliphatic heterocycles. The Hall–Kier alpha value is -1.61. The Labute approximate surface area is 112 Å². The second-order valence-corrected chi connectivity index (χ2v) is 5.60. The van der Waals surface area contributed by atoms with Crippen molar-refractivity contribution in [2.24, 2.45) is 5.92 Å². The van der Waals surface area contributed by atoms with Gasteiger partial charge in [0.2, 0.25) is 0 Å². The van der Waals surface area contributed by atoms with Gasteiger partial charge >= 0.3 is 0 Å². The lowest BCUT2D eigenvalue weighted by Crippen LogP contribution is -2.33. The molecule has 19 heavy (non-hydrogen) atoms. The Morgan fingerprint density at radius 1 is 1.37 bits per heavy atom. The van der Waals surface area contributed by atoms with Crippen molar-refractivity contribution in [1.82, 2.24) is 4.90 Å². The Kier molecular flexibility index (Phi) is 3.38. The SMILES string of the molecule is CC1CCCN(Cc2ccc3occc(=O)c3c2)C1. The van der Waals surface area contributed by atoms with Crippen LogP contribution in [0.1, 0.15) is 25.3 Å². The van der Waals surface area contributed by atoms with Crippen LogP contribution >= 0.6 is 0 Å². The van der Waals surface area contributed by atoms with E-state index in [9.17, 15) is 4.79 Å². The minimum atomic E-state index is 0.0371. The molecule has 0 amide bonds. The van der Waals surface area contributed by atoms with Crippen molar-refractivity contribution in [3.8, 4) is 0 Å². The third-order valence-electron chi connectivity index (χ3n) is 3.87. The first-order chi connectivity index (χ1) is 9.22. The lowest BCUT2D eigenvalue weighted by atomic mass is 9.99. The molecule has 2 aromatic rings. The van der Waals surface area contributed by atoms with E-state index in [1.165, 1.54) is 30.7 Å². The van der Waals surface area contributed by atoms with Gasteiger partial charge in [-0.2, -0.15) is 0 Å². The van der Waals surface area contributed by atoms with Gasteiger partial charge in [-0.3, -0.25) is 9.69 Å². The summed E-state index contributed by atoms with van der Waals surface area (Å²) >= 11 is 0. The van der Waals surface area contributed by atoms with Crippen LogP contribution in [0, 0.1) is 5.92 Å². The second-order valence-electron chi connectivity index (χ2n) is 5.60. The summed E-state index contributed by atoms with van der Waals surface area (Å²) in [5, 5.41) is 0.685. The molecule has 2 heterocycles. The molecule has 1 saturated heterocycles. The highest BCUT2D eigenvalue weighted by molar-refractivity contribution is 5.76. The summed E-state index contributed by atoms with van der Waals surface area (Å²) in [6.07, 6.45) is 4.06. The van der Waals surface area contributed by atoms with Crippen LogP contribution in [0.3, 0.4) is 0 Å². The van der Waals surface area contributed by atoms with Crippen LogP contribution in [0.25, 0.3) is 11.0 Å². The molecule has 0 aliphatic carbocycles. The van der Waals surface area contributed by atoms with Crippen LogP contribution in [0.4, 0.5) is 0 Å². The Morgan fingerprint density at radius 3 is 3.11 bits per heavy atom. The summed E-state index contributed by atoms with van der Waals surface area (Å²) < 4.78 is 5.34. The fourth-order valence-electron chi connectivity index (χ4n) is 2.92. The maximum atomic E-state index is 11.8. The topological polar surface area (TPSA) is 33.5 Å². The zero-order chi connectivity index (χ0) is 13.2. The molecule has 0 bridgehead atoms. The first-order valence-corrected chi connectivity index (χ1v) is 6.95. The lowest BCUT2D eigenvalue weighted by molar-refractivity contribution is 0.176. The lowest BCUT2D eigenvalue weighted by Gasteiger charge is -2.30. The van der Waals surface area contributed by atoms with Crippen molar-refractivity contribution in [3.05, 3.63) is 46.3 Å². The predicted octanol–water partition coefficient (Wildman–Crippen LogP) is 3.02. The first-order valence-electron chi connectivity index (χ1n) is 6.95. The number of fused-ring (bicyclic) bond motifs is 1. The molecular weight excluding hydrogens is 238 g/mol. The molecule has 1 unspecified atom stereocenters. The highest BCUT2D eigenvalue weighted by Crippen LogP contribution is 2.19. The summed E-state index contributed by atoms with van der Waals surface area (Å²) in [6, 6.07) is 7.42. The first kappa shape index (κ1) is 12.4. The van der Waals surface area contributed by atoms with Gasteiger partial charge < -0.3 is 4.42 Å². The Morgan fingerprint density at radius 2 is 2.26 bits per heavy atom. The van der Waals surface area contributed by atoms with E-state index in [-0.39, 0.29) is 5.43 Å². The van der Waals surface area contributed by atoms with E-state index >= 15 is 0 Å². The van der Waals surface area contributed by atoms with E-state index < -0.39 is 0 Å². The molecule has 3 nitrogen and oxygen atoms in total. The van der Waals surface area contributed by atoms with Crippen molar-refractivity contribution >= 4 is 11.0 Å². The maximum Gasteiger partial charge on any atom is 0.192 e. The number of hydrogen-bond donors (Lipinski definition) is 0. The molecule has 3 rings (SSSR count). The van der Waals surface area contributed by atoms with Gasteiger partial charge in [0, 0.05) is 19.2 Å². The third kappa shape index (κ3) is 2.71. The van der Waals surface area contributed by atoms with E-state index in [0.29, 0.717) is 11.0 Å². The standard InChI is InChI=1S/C16H19NO2/c1-12-3-2-7-17(10-12)11-13-4-5-16-14(9-13)15(18)6-8-19-16/h4-6,8-9,12H,2-3,7,10-11H2,1H3. The average molecular weight is 257 g/mol. The molecule has 1 aromatic carbocycles. The van der Waals surface area contributed by atoms with Crippen LogP contribution < -0.4 is 5.43 Å². The monoisotopic (exact) mass is 257 g/mol. The number of piperidine rings is 1. The predicted molar refractivity (Wildman–Crippen MR) is 76.2 cm³/mol. The van der Waals surface area contributed by atoms with E-state index in [1.54, 1.807) is 0 Å². The zero-order valence-corrected chi connectivity index (χ0v) is 11.3. The molecule has 0 saturated carbocycles. The number of hydrogen-bond acceptors (Lipinski definition) is 3. The van der Waals surface area contributed by atoms with Crippen LogP contribution in [0.2, 0.25) is 0 Å². The molecule has 100 valence electrons. The Bertz CT molecular complexity index is 632. The number of nitrogens with zero attached hydrogens (tertiary/aromatic N) is 1.